The van der Waals surface area contributed by atoms with Gasteiger partial charge in [-0.25, -0.2) is 0 Å². The largest absolute Gasteiger partial charge is 0.329 e. The Morgan fingerprint density at radius 3 is 2.81 bits per heavy atom. The van der Waals surface area contributed by atoms with Crippen molar-refractivity contribution in [2.75, 3.05) is 23.4 Å². The van der Waals surface area contributed by atoms with Crippen LogP contribution in [0.3, 0.4) is 0 Å². The molecule has 4 nitrogen and oxygen atoms in total. The Bertz CT molecular complexity index is 541. The summed E-state index contributed by atoms with van der Waals surface area (Å²) in [6.07, 6.45) is 2.82. The van der Waals surface area contributed by atoms with E-state index in [9.17, 15) is 9.59 Å². The lowest BCUT2D eigenvalue weighted by Gasteiger charge is -2.25. The van der Waals surface area contributed by atoms with E-state index in [0.717, 1.165) is 35.6 Å². The number of nitrogens with one attached hydrogen (secondary N) is 1. The fourth-order valence-corrected chi connectivity index (χ4v) is 4.11. The fraction of sp³-hybridized carbons (Fsp3) is 0.500. The van der Waals surface area contributed by atoms with Crippen LogP contribution in [0, 0.1) is 5.92 Å². The highest BCUT2D eigenvalue weighted by Gasteiger charge is 2.25. The van der Waals surface area contributed by atoms with Gasteiger partial charge in [0.2, 0.25) is 11.8 Å². The molecule has 0 bridgehead atoms. The van der Waals surface area contributed by atoms with Crippen LogP contribution < -0.4 is 5.32 Å². The van der Waals surface area contributed by atoms with Gasteiger partial charge in [0.1, 0.15) is 6.54 Å². The molecule has 1 fully saturated rings. The van der Waals surface area contributed by atoms with Crippen LogP contribution in [0.5, 0.6) is 0 Å². The number of benzene rings is 1. The van der Waals surface area contributed by atoms with Gasteiger partial charge in [-0.3, -0.25) is 9.59 Å². The summed E-state index contributed by atoms with van der Waals surface area (Å²) in [6.45, 7) is 0.685. The third-order valence-corrected chi connectivity index (χ3v) is 5.19. The standard InChI is InChI=1S/C16H20N2O2S/c19-15-11-18(10-13-3-1-2-4-14(13)17-15)16(20)9-12-5-7-21-8-6-12/h1-4,12H,5-11H2,(H,17,19). The molecule has 2 heterocycles. The number of carbonyl (C=O) groups is 2. The molecule has 21 heavy (non-hydrogen) atoms. The highest BCUT2D eigenvalue weighted by molar-refractivity contribution is 7.99. The van der Waals surface area contributed by atoms with Crippen molar-refractivity contribution in [1.29, 1.82) is 0 Å². The van der Waals surface area contributed by atoms with Gasteiger partial charge in [-0.15, -0.1) is 0 Å². The second-order valence-corrected chi connectivity index (χ2v) is 6.94. The smallest absolute Gasteiger partial charge is 0.244 e. The number of carbonyl (C=O) groups excluding carboxylic acids is 2. The first-order valence-electron chi connectivity index (χ1n) is 7.45. The van der Waals surface area contributed by atoms with E-state index in [1.807, 2.05) is 36.0 Å². The summed E-state index contributed by atoms with van der Waals surface area (Å²) >= 11 is 1.97. The molecule has 0 saturated carbocycles. The normalized spacial score (nSPS) is 19.6. The predicted octanol–water partition coefficient (Wildman–Crippen LogP) is 2.50. The Morgan fingerprint density at radius 1 is 1.24 bits per heavy atom. The fourth-order valence-electron chi connectivity index (χ4n) is 2.91. The summed E-state index contributed by atoms with van der Waals surface area (Å²) in [7, 11) is 0. The highest BCUT2D eigenvalue weighted by atomic mass is 32.2. The molecule has 0 spiro atoms. The first-order valence-corrected chi connectivity index (χ1v) is 8.61. The minimum Gasteiger partial charge on any atom is -0.329 e. The number of fused-ring (bicyclic) bond motifs is 1. The number of hydrogen-bond acceptors (Lipinski definition) is 3. The van der Waals surface area contributed by atoms with Crippen molar-refractivity contribution >= 4 is 29.3 Å². The molecule has 0 unspecified atom stereocenters. The van der Waals surface area contributed by atoms with Crippen molar-refractivity contribution in [3.8, 4) is 0 Å². The van der Waals surface area contributed by atoms with Crippen LogP contribution in [0.1, 0.15) is 24.8 Å². The van der Waals surface area contributed by atoms with E-state index in [1.165, 1.54) is 0 Å². The van der Waals surface area contributed by atoms with E-state index in [-0.39, 0.29) is 18.4 Å². The number of nitrogens with zero attached hydrogens (tertiary/aromatic N) is 1. The topological polar surface area (TPSA) is 49.4 Å². The number of anilines is 1. The van der Waals surface area contributed by atoms with Crippen molar-refractivity contribution in [3.05, 3.63) is 29.8 Å². The SMILES string of the molecule is O=C1CN(C(=O)CC2CCSCC2)Cc2ccccc2N1. The summed E-state index contributed by atoms with van der Waals surface area (Å²) in [5.74, 6) is 2.80. The van der Waals surface area contributed by atoms with E-state index in [4.69, 9.17) is 0 Å². The Kier molecular flexibility index (Phi) is 4.48. The quantitative estimate of drug-likeness (QED) is 0.913. The monoisotopic (exact) mass is 304 g/mol. The molecule has 2 amide bonds. The molecule has 1 aromatic rings. The van der Waals surface area contributed by atoms with Gasteiger partial charge in [0, 0.05) is 18.7 Å². The molecule has 112 valence electrons. The summed E-state index contributed by atoms with van der Waals surface area (Å²) in [6, 6.07) is 7.70. The van der Waals surface area contributed by atoms with Crippen LogP contribution in [0.15, 0.2) is 24.3 Å². The van der Waals surface area contributed by atoms with Gasteiger partial charge in [-0.2, -0.15) is 11.8 Å². The molecular weight excluding hydrogens is 284 g/mol. The maximum atomic E-state index is 12.5. The van der Waals surface area contributed by atoms with Gasteiger partial charge >= 0.3 is 0 Å². The Balaban J connectivity index is 1.69. The first-order chi connectivity index (χ1) is 10.2. The molecule has 3 rings (SSSR count). The zero-order valence-electron chi connectivity index (χ0n) is 12.0. The molecule has 1 aromatic carbocycles. The lowest BCUT2D eigenvalue weighted by molar-refractivity contribution is -0.136. The zero-order chi connectivity index (χ0) is 14.7. The van der Waals surface area contributed by atoms with Crippen molar-refractivity contribution in [3.63, 3.8) is 0 Å². The maximum Gasteiger partial charge on any atom is 0.244 e. The summed E-state index contributed by atoms with van der Waals surface area (Å²) in [5.41, 5.74) is 1.84. The van der Waals surface area contributed by atoms with Crippen molar-refractivity contribution < 1.29 is 9.59 Å². The van der Waals surface area contributed by atoms with Crippen LogP contribution in [-0.2, 0) is 16.1 Å². The van der Waals surface area contributed by atoms with Crippen LogP contribution in [0.4, 0.5) is 5.69 Å². The predicted molar refractivity (Wildman–Crippen MR) is 85.2 cm³/mol. The third kappa shape index (κ3) is 3.59. The van der Waals surface area contributed by atoms with Crippen molar-refractivity contribution in [2.24, 2.45) is 5.92 Å². The second-order valence-electron chi connectivity index (χ2n) is 5.71. The Morgan fingerprint density at radius 2 is 2.00 bits per heavy atom. The lowest BCUT2D eigenvalue weighted by Crippen LogP contribution is -2.36. The third-order valence-electron chi connectivity index (χ3n) is 4.14. The van der Waals surface area contributed by atoms with Gasteiger partial charge < -0.3 is 10.2 Å². The van der Waals surface area contributed by atoms with Crippen LogP contribution >= 0.6 is 11.8 Å². The van der Waals surface area contributed by atoms with E-state index in [2.05, 4.69) is 5.32 Å². The van der Waals surface area contributed by atoms with Crippen LogP contribution in [-0.4, -0.2) is 34.8 Å². The summed E-state index contributed by atoms with van der Waals surface area (Å²) in [5, 5.41) is 2.87. The molecule has 0 atom stereocenters. The van der Waals surface area contributed by atoms with Gasteiger partial charge in [-0.1, -0.05) is 18.2 Å². The Labute approximate surface area is 129 Å². The van der Waals surface area contributed by atoms with Crippen LogP contribution in [0.25, 0.3) is 0 Å². The minimum atomic E-state index is -0.104. The van der Waals surface area contributed by atoms with Gasteiger partial charge in [-0.05, 0) is 41.9 Å². The molecular formula is C16H20N2O2S. The number of thioether (sulfide) groups is 1. The number of amides is 2. The Hall–Kier alpha value is -1.49. The van der Waals surface area contributed by atoms with E-state index in [0.29, 0.717) is 18.9 Å². The number of hydrogen-bond donors (Lipinski definition) is 1. The average Bonchev–Trinajstić information content (AvgIpc) is 2.66. The molecule has 1 saturated heterocycles. The molecule has 2 aliphatic heterocycles. The van der Waals surface area contributed by atoms with Crippen molar-refractivity contribution in [1.82, 2.24) is 4.90 Å². The number of rotatable bonds is 2. The van der Waals surface area contributed by atoms with Gasteiger partial charge in [0.25, 0.3) is 0 Å². The average molecular weight is 304 g/mol. The first kappa shape index (κ1) is 14.4. The molecule has 0 aromatic heterocycles. The second kappa shape index (κ2) is 6.52. The van der Waals surface area contributed by atoms with E-state index < -0.39 is 0 Å². The van der Waals surface area contributed by atoms with Gasteiger partial charge in [0.15, 0.2) is 0 Å². The van der Waals surface area contributed by atoms with Gasteiger partial charge in [0.05, 0.1) is 0 Å². The molecule has 5 heteroatoms. The van der Waals surface area contributed by atoms with Crippen LogP contribution in [0.2, 0.25) is 0 Å². The lowest BCUT2D eigenvalue weighted by atomic mass is 9.98. The number of para-hydroxylation sites is 1. The zero-order valence-corrected chi connectivity index (χ0v) is 12.8. The molecule has 0 aliphatic carbocycles. The summed E-state index contributed by atoms with van der Waals surface area (Å²) in [4.78, 5) is 26.2. The summed E-state index contributed by atoms with van der Waals surface area (Å²) < 4.78 is 0. The molecule has 1 N–H and O–H groups in total. The van der Waals surface area contributed by atoms with Crippen molar-refractivity contribution in [2.45, 2.75) is 25.8 Å². The molecule has 2 aliphatic rings. The van der Waals surface area contributed by atoms with E-state index >= 15 is 0 Å². The minimum absolute atomic E-state index is 0.104. The van der Waals surface area contributed by atoms with E-state index in [1.54, 1.807) is 4.90 Å². The maximum absolute atomic E-state index is 12.5. The molecule has 0 radical (unpaired) electrons. The highest BCUT2D eigenvalue weighted by Crippen LogP contribution is 2.27.